The van der Waals surface area contributed by atoms with Crippen LogP contribution in [0.1, 0.15) is 33.2 Å². The van der Waals surface area contributed by atoms with Crippen LogP contribution in [0, 0.1) is 6.92 Å². The lowest BCUT2D eigenvalue weighted by molar-refractivity contribution is 0.0677. The zero-order chi connectivity index (χ0) is 16.4. The summed E-state index contributed by atoms with van der Waals surface area (Å²) in [6, 6.07) is 14.7. The third-order valence-corrected chi connectivity index (χ3v) is 3.69. The first kappa shape index (κ1) is 15.0. The average Bonchev–Trinajstić information content (AvgIpc) is 2.80. The van der Waals surface area contributed by atoms with Crippen LogP contribution in [0.2, 0.25) is 0 Å². The fraction of sp³-hybridized carbons (Fsp3) is 0.167. The Balaban J connectivity index is 1.70. The van der Waals surface area contributed by atoms with Gasteiger partial charge in [-0.3, -0.25) is 19.9 Å². The summed E-state index contributed by atoms with van der Waals surface area (Å²) in [5.74, 6) is -0.536. The minimum atomic E-state index is -0.268. The third kappa shape index (κ3) is 2.99. The van der Waals surface area contributed by atoms with E-state index in [1.165, 1.54) is 10.5 Å². The monoisotopic (exact) mass is 307 g/mol. The molecule has 0 aromatic heterocycles. The number of hydrazone groups is 1. The van der Waals surface area contributed by atoms with E-state index < -0.39 is 0 Å². The Kier molecular flexibility index (Phi) is 3.93. The molecule has 3 rings (SSSR count). The molecule has 5 heteroatoms. The summed E-state index contributed by atoms with van der Waals surface area (Å²) in [6.45, 7) is 3.97. The molecule has 116 valence electrons. The molecule has 2 aromatic carbocycles. The number of carbonyl (C=O) groups is 2. The molecule has 1 N–H and O–H groups in total. The zero-order valence-electron chi connectivity index (χ0n) is 13.0. The summed E-state index contributed by atoms with van der Waals surface area (Å²) >= 11 is 0. The number of fused-ring (bicyclic) bond motifs is 1. The van der Waals surface area contributed by atoms with Crippen molar-refractivity contribution in [3.63, 3.8) is 0 Å². The second kappa shape index (κ2) is 6.04. The molecule has 2 aromatic rings. The van der Waals surface area contributed by atoms with Crippen LogP contribution in [0.5, 0.6) is 0 Å². The molecule has 1 heterocycles. The first-order valence-corrected chi connectivity index (χ1v) is 7.37. The molecule has 0 saturated carbocycles. The molecule has 0 bridgehead atoms. The van der Waals surface area contributed by atoms with Crippen molar-refractivity contribution in [1.82, 2.24) is 4.90 Å². The van der Waals surface area contributed by atoms with Gasteiger partial charge in [-0.1, -0.05) is 29.8 Å². The maximum absolute atomic E-state index is 12.3. The smallest absolute Gasteiger partial charge is 0.261 e. The van der Waals surface area contributed by atoms with E-state index in [2.05, 4.69) is 10.5 Å². The largest absolute Gasteiger partial charge is 0.279 e. The molecular weight excluding hydrogens is 290 g/mol. The van der Waals surface area contributed by atoms with Crippen LogP contribution in [0.3, 0.4) is 0 Å². The SMILES string of the molecule is C/C(CN1C(=O)c2ccccc2C1=O)=N\Nc1ccc(C)cc1. The van der Waals surface area contributed by atoms with Gasteiger partial charge >= 0.3 is 0 Å². The Hall–Kier alpha value is -2.95. The van der Waals surface area contributed by atoms with Crippen LogP contribution < -0.4 is 5.43 Å². The Bertz CT molecular complexity index is 759. The van der Waals surface area contributed by atoms with Gasteiger partial charge in [0.05, 0.1) is 29.1 Å². The average molecular weight is 307 g/mol. The van der Waals surface area contributed by atoms with Crippen LogP contribution in [0.15, 0.2) is 53.6 Å². The maximum Gasteiger partial charge on any atom is 0.261 e. The van der Waals surface area contributed by atoms with E-state index >= 15 is 0 Å². The number of nitrogens with zero attached hydrogens (tertiary/aromatic N) is 2. The number of imide groups is 1. The van der Waals surface area contributed by atoms with Crippen LogP contribution in [-0.4, -0.2) is 29.0 Å². The number of amides is 2. The third-order valence-electron chi connectivity index (χ3n) is 3.69. The van der Waals surface area contributed by atoms with Crippen molar-refractivity contribution in [1.29, 1.82) is 0 Å². The summed E-state index contributed by atoms with van der Waals surface area (Å²) in [6.07, 6.45) is 0. The highest BCUT2D eigenvalue weighted by Gasteiger charge is 2.35. The highest BCUT2D eigenvalue weighted by atomic mass is 16.2. The number of hydrogen-bond acceptors (Lipinski definition) is 4. The van der Waals surface area contributed by atoms with E-state index in [0.717, 1.165) is 5.69 Å². The normalized spacial score (nSPS) is 14.2. The highest BCUT2D eigenvalue weighted by molar-refractivity contribution is 6.22. The van der Waals surface area contributed by atoms with Gasteiger partial charge in [0.1, 0.15) is 0 Å². The Morgan fingerprint density at radius 3 is 2.13 bits per heavy atom. The quantitative estimate of drug-likeness (QED) is 0.536. The molecule has 0 radical (unpaired) electrons. The second-order valence-corrected chi connectivity index (χ2v) is 5.57. The Morgan fingerprint density at radius 2 is 1.57 bits per heavy atom. The van der Waals surface area contributed by atoms with Gasteiger partial charge in [-0.15, -0.1) is 0 Å². The van der Waals surface area contributed by atoms with Crippen molar-refractivity contribution in [3.05, 3.63) is 65.2 Å². The predicted molar refractivity (Wildman–Crippen MR) is 89.7 cm³/mol. The molecule has 0 atom stereocenters. The lowest BCUT2D eigenvalue weighted by Crippen LogP contribution is -2.34. The van der Waals surface area contributed by atoms with Crippen molar-refractivity contribution < 1.29 is 9.59 Å². The Morgan fingerprint density at radius 1 is 1.00 bits per heavy atom. The summed E-state index contributed by atoms with van der Waals surface area (Å²) in [5.41, 5.74) is 6.53. The van der Waals surface area contributed by atoms with E-state index in [4.69, 9.17) is 0 Å². The molecular formula is C18H17N3O2. The fourth-order valence-electron chi connectivity index (χ4n) is 2.43. The molecule has 23 heavy (non-hydrogen) atoms. The van der Waals surface area contributed by atoms with Gasteiger partial charge in [0.15, 0.2) is 0 Å². The number of rotatable bonds is 4. The summed E-state index contributed by atoms with van der Waals surface area (Å²) < 4.78 is 0. The van der Waals surface area contributed by atoms with Crippen molar-refractivity contribution in [2.24, 2.45) is 5.10 Å². The molecule has 1 aliphatic heterocycles. The maximum atomic E-state index is 12.3. The van der Waals surface area contributed by atoms with E-state index in [-0.39, 0.29) is 18.4 Å². The molecule has 2 amide bonds. The first-order chi connectivity index (χ1) is 11.1. The summed E-state index contributed by atoms with van der Waals surface area (Å²) in [5, 5.41) is 4.24. The summed E-state index contributed by atoms with van der Waals surface area (Å²) in [4.78, 5) is 25.8. The van der Waals surface area contributed by atoms with Crippen LogP contribution in [-0.2, 0) is 0 Å². The molecule has 0 spiro atoms. The molecule has 0 saturated heterocycles. The van der Waals surface area contributed by atoms with Crippen molar-refractivity contribution in [2.75, 3.05) is 12.0 Å². The minimum Gasteiger partial charge on any atom is -0.279 e. The highest BCUT2D eigenvalue weighted by Crippen LogP contribution is 2.22. The van der Waals surface area contributed by atoms with Crippen LogP contribution >= 0.6 is 0 Å². The van der Waals surface area contributed by atoms with E-state index in [0.29, 0.717) is 16.8 Å². The lowest BCUT2D eigenvalue weighted by atomic mass is 10.1. The number of hydrogen-bond donors (Lipinski definition) is 1. The van der Waals surface area contributed by atoms with Gasteiger partial charge in [-0.25, -0.2) is 0 Å². The van der Waals surface area contributed by atoms with E-state index in [9.17, 15) is 9.59 Å². The molecule has 0 unspecified atom stereocenters. The number of aryl methyl sites for hydroxylation is 1. The van der Waals surface area contributed by atoms with Gasteiger partial charge in [0, 0.05) is 0 Å². The number of anilines is 1. The minimum absolute atomic E-state index is 0.172. The first-order valence-electron chi connectivity index (χ1n) is 7.37. The van der Waals surface area contributed by atoms with E-state index in [1.807, 2.05) is 31.2 Å². The summed E-state index contributed by atoms with van der Waals surface area (Å²) in [7, 11) is 0. The van der Waals surface area contributed by atoms with Gasteiger partial charge in [-0.2, -0.15) is 5.10 Å². The van der Waals surface area contributed by atoms with Gasteiger partial charge in [-0.05, 0) is 38.1 Å². The zero-order valence-corrected chi connectivity index (χ0v) is 13.0. The number of carbonyl (C=O) groups excluding carboxylic acids is 2. The molecule has 0 fully saturated rings. The van der Waals surface area contributed by atoms with Gasteiger partial charge < -0.3 is 0 Å². The predicted octanol–water partition coefficient (Wildman–Crippen LogP) is 3.08. The van der Waals surface area contributed by atoms with Crippen molar-refractivity contribution in [2.45, 2.75) is 13.8 Å². The number of benzene rings is 2. The van der Waals surface area contributed by atoms with Gasteiger partial charge in [0.2, 0.25) is 0 Å². The van der Waals surface area contributed by atoms with E-state index in [1.54, 1.807) is 31.2 Å². The Labute approximate surface area is 134 Å². The van der Waals surface area contributed by atoms with Crippen molar-refractivity contribution in [3.8, 4) is 0 Å². The fourth-order valence-corrected chi connectivity index (χ4v) is 2.43. The standard InChI is InChI=1S/C18H17N3O2/c1-12-7-9-14(10-8-12)20-19-13(2)11-21-17(22)15-5-3-4-6-16(15)18(21)23/h3-10,20H,11H2,1-2H3/b19-13+. The molecule has 5 nitrogen and oxygen atoms in total. The van der Waals surface area contributed by atoms with Gasteiger partial charge in [0.25, 0.3) is 11.8 Å². The van der Waals surface area contributed by atoms with Crippen molar-refractivity contribution >= 4 is 23.2 Å². The molecule has 1 aliphatic rings. The number of nitrogens with one attached hydrogen (secondary N) is 1. The van der Waals surface area contributed by atoms with Crippen LogP contribution in [0.4, 0.5) is 5.69 Å². The van der Waals surface area contributed by atoms with Crippen LogP contribution in [0.25, 0.3) is 0 Å². The molecule has 0 aliphatic carbocycles. The lowest BCUT2D eigenvalue weighted by Gasteiger charge is -2.13. The second-order valence-electron chi connectivity index (χ2n) is 5.57. The topological polar surface area (TPSA) is 61.8 Å².